The van der Waals surface area contributed by atoms with Crippen molar-refractivity contribution >= 4 is 17.9 Å². The van der Waals surface area contributed by atoms with Crippen LogP contribution in [0.3, 0.4) is 0 Å². The lowest BCUT2D eigenvalue weighted by atomic mass is 10.0. The predicted octanol–water partition coefficient (Wildman–Crippen LogP) is 24.4. The van der Waals surface area contributed by atoms with Crippen molar-refractivity contribution in [3.63, 3.8) is 0 Å². The summed E-state index contributed by atoms with van der Waals surface area (Å²) in [6.45, 7) is 6.57. The number of unbranched alkanes of at least 4 members (excludes halogenated alkanes) is 37. The van der Waals surface area contributed by atoms with Crippen LogP contribution in [0.15, 0.2) is 97.2 Å². The molecule has 0 aliphatic heterocycles. The van der Waals surface area contributed by atoms with Crippen LogP contribution >= 0.6 is 0 Å². The van der Waals surface area contributed by atoms with E-state index in [-0.39, 0.29) is 31.1 Å². The normalized spacial score (nSPS) is 12.7. The maximum atomic E-state index is 12.9. The van der Waals surface area contributed by atoms with Crippen molar-refractivity contribution in [1.29, 1.82) is 0 Å². The summed E-state index contributed by atoms with van der Waals surface area (Å²) in [6, 6.07) is 0. The summed E-state index contributed by atoms with van der Waals surface area (Å²) in [5, 5.41) is 0. The van der Waals surface area contributed by atoms with Gasteiger partial charge in [-0.15, -0.1) is 0 Å². The molecule has 6 heteroatoms. The largest absolute Gasteiger partial charge is 0.462 e. The number of carbonyl (C=O) groups is 3. The van der Waals surface area contributed by atoms with Gasteiger partial charge in [0.05, 0.1) is 0 Å². The fraction of sp³-hybridized carbons (Fsp3) is 0.750. The lowest BCUT2D eigenvalue weighted by molar-refractivity contribution is -0.167. The van der Waals surface area contributed by atoms with Crippen LogP contribution in [0.2, 0.25) is 0 Å². The third kappa shape index (κ3) is 67.1. The first-order chi connectivity index (χ1) is 40.5. The van der Waals surface area contributed by atoms with Crippen LogP contribution in [-0.2, 0) is 28.6 Å². The maximum Gasteiger partial charge on any atom is 0.306 e. The van der Waals surface area contributed by atoms with Gasteiger partial charge in [-0.3, -0.25) is 14.4 Å². The van der Waals surface area contributed by atoms with Crippen molar-refractivity contribution in [2.45, 2.75) is 354 Å². The fourth-order valence-electron chi connectivity index (χ4n) is 10.1. The average Bonchev–Trinajstić information content (AvgIpc) is 3.47. The monoisotopic (exact) mass is 1140 g/mol. The predicted molar refractivity (Wildman–Crippen MR) is 357 cm³/mol. The topological polar surface area (TPSA) is 78.9 Å². The number of allylic oxidation sites excluding steroid dienone is 16. The highest BCUT2D eigenvalue weighted by Gasteiger charge is 2.19. The van der Waals surface area contributed by atoms with E-state index in [1.54, 1.807) is 0 Å². The van der Waals surface area contributed by atoms with E-state index in [1.165, 1.54) is 193 Å². The van der Waals surface area contributed by atoms with E-state index in [0.29, 0.717) is 19.3 Å². The van der Waals surface area contributed by atoms with Crippen LogP contribution in [0, 0.1) is 0 Å². The molecule has 0 fully saturated rings. The third-order valence-electron chi connectivity index (χ3n) is 15.4. The van der Waals surface area contributed by atoms with Crippen molar-refractivity contribution in [1.82, 2.24) is 0 Å². The molecule has 0 heterocycles. The molecule has 0 amide bonds. The molecule has 0 radical (unpaired) electrons. The summed E-state index contributed by atoms with van der Waals surface area (Å²) in [5.74, 6) is -0.863. The lowest BCUT2D eigenvalue weighted by Crippen LogP contribution is -2.30. The molecule has 6 nitrogen and oxygen atoms in total. The van der Waals surface area contributed by atoms with Gasteiger partial charge in [-0.1, -0.05) is 343 Å². The standard InChI is InChI=1S/C76H132O6/c1-4-7-10-13-16-19-22-25-28-30-31-32-33-34-35-36-37-38-39-40-41-42-43-44-45-46-49-51-54-57-60-63-66-69-75(78)81-72-73(71-80-74(77)68-65-62-59-56-53-50-47-27-24-21-18-15-12-9-6-3)82-76(79)70-67-64-61-58-55-52-48-29-26-23-20-17-14-11-8-5-2/h7,10,16,19,25,28,31-32,34-35,37-38,40-41,43-44,73H,4-6,8-9,11-15,17-18,20-24,26-27,29-30,33,36,39,42,45-72H2,1-3H3/b10-7-,19-16-,28-25-,32-31-,35-34-,38-37-,41-40-,44-43-. The SMILES string of the molecule is CC/C=C\C/C=C\C/C=C\C/C=C\C/C=C\C/C=C\C/C=C\C/C=C\CCCCCCCCCCC(=O)OCC(COC(=O)CCCCCCCCCCCCCCCCC)OC(=O)CCCCCCCCCCCCCCCCCC. The second kappa shape index (κ2) is 69.8. The molecule has 1 atom stereocenters. The first-order valence-electron chi connectivity index (χ1n) is 35.2. The second-order valence-corrected chi connectivity index (χ2v) is 23.4. The van der Waals surface area contributed by atoms with E-state index >= 15 is 0 Å². The zero-order valence-electron chi connectivity index (χ0n) is 54.2. The fourth-order valence-corrected chi connectivity index (χ4v) is 10.1. The lowest BCUT2D eigenvalue weighted by Gasteiger charge is -2.18. The minimum Gasteiger partial charge on any atom is -0.462 e. The molecule has 0 saturated heterocycles. The van der Waals surface area contributed by atoms with Crippen LogP contribution < -0.4 is 0 Å². The van der Waals surface area contributed by atoms with Gasteiger partial charge >= 0.3 is 17.9 Å². The summed E-state index contributed by atoms with van der Waals surface area (Å²) in [7, 11) is 0. The van der Waals surface area contributed by atoms with E-state index in [0.717, 1.165) is 116 Å². The Morgan fingerprint density at radius 1 is 0.256 bits per heavy atom. The Kier molecular flexibility index (Phi) is 66.7. The van der Waals surface area contributed by atoms with Crippen LogP contribution in [0.5, 0.6) is 0 Å². The number of esters is 3. The van der Waals surface area contributed by atoms with E-state index in [4.69, 9.17) is 14.2 Å². The molecule has 0 aliphatic rings. The number of hydrogen-bond donors (Lipinski definition) is 0. The quantitative estimate of drug-likeness (QED) is 0.0261. The van der Waals surface area contributed by atoms with Crippen LogP contribution in [0.4, 0.5) is 0 Å². The van der Waals surface area contributed by atoms with Crippen molar-refractivity contribution < 1.29 is 28.6 Å². The Morgan fingerprint density at radius 3 is 0.744 bits per heavy atom. The highest BCUT2D eigenvalue weighted by molar-refractivity contribution is 5.71. The molecule has 472 valence electrons. The van der Waals surface area contributed by atoms with Gasteiger partial charge in [0.2, 0.25) is 0 Å². The Labute approximate surface area is 508 Å². The van der Waals surface area contributed by atoms with Crippen LogP contribution in [0.25, 0.3) is 0 Å². The van der Waals surface area contributed by atoms with Crippen LogP contribution in [0.1, 0.15) is 348 Å². The zero-order chi connectivity index (χ0) is 59.2. The van der Waals surface area contributed by atoms with Gasteiger partial charge in [0, 0.05) is 19.3 Å². The maximum absolute atomic E-state index is 12.9. The smallest absolute Gasteiger partial charge is 0.306 e. The molecular weight excluding hydrogens is 1010 g/mol. The zero-order valence-corrected chi connectivity index (χ0v) is 54.2. The van der Waals surface area contributed by atoms with Crippen molar-refractivity contribution in [3.8, 4) is 0 Å². The van der Waals surface area contributed by atoms with Crippen molar-refractivity contribution in [2.75, 3.05) is 13.2 Å². The van der Waals surface area contributed by atoms with E-state index in [1.807, 2.05) is 0 Å². The molecule has 0 saturated carbocycles. The first kappa shape index (κ1) is 78.3. The van der Waals surface area contributed by atoms with E-state index < -0.39 is 6.10 Å². The second-order valence-electron chi connectivity index (χ2n) is 23.4. The summed E-state index contributed by atoms with van der Waals surface area (Å²) in [4.78, 5) is 38.4. The van der Waals surface area contributed by atoms with Gasteiger partial charge in [0.1, 0.15) is 13.2 Å². The summed E-state index contributed by atoms with van der Waals surface area (Å²) >= 11 is 0. The summed E-state index contributed by atoms with van der Waals surface area (Å²) in [5.41, 5.74) is 0. The van der Waals surface area contributed by atoms with Gasteiger partial charge in [-0.25, -0.2) is 0 Å². The first-order valence-corrected chi connectivity index (χ1v) is 35.2. The number of ether oxygens (including phenoxy) is 3. The molecule has 0 aromatic carbocycles. The highest BCUT2D eigenvalue weighted by atomic mass is 16.6. The molecule has 0 spiro atoms. The van der Waals surface area contributed by atoms with Gasteiger partial charge < -0.3 is 14.2 Å². The van der Waals surface area contributed by atoms with Gasteiger partial charge in [0.25, 0.3) is 0 Å². The summed E-state index contributed by atoms with van der Waals surface area (Å²) in [6.07, 6.45) is 94.2. The molecule has 0 aliphatic carbocycles. The Balaban J connectivity index is 4.27. The van der Waals surface area contributed by atoms with Crippen LogP contribution in [-0.4, -0.2) is 37.2 Å². The van der Waals surface area contributed by atoms with Gasteiger partial charge in [-0.05, 0) is 83.5 Å². The molecule has 0 bridgehead atoms. The van der Waals surface area contributed by atoms with Gasteiger partial charge in [0.15, 0.2) is 6.10 Å². The third-order valence-corrected chi connectivity index (χ3v) is 15.4. The number of hydrogen-bond acceptors (Lipinski definition) is 6. The Bertz CT molecular complexity index is 1590. The molecule has 0 N–H and O–H groups in total. The van der Waals surface area contributed by atoms with Gasteiger partial charge in [-0.2, -0.15) is 0 Å². The molecule has 0 rings (SSSR count). The average molecular weight is 1140 g/mol. The Morgan fingerprint density at radius 2 is 0.476 bits per heavy atom. The summed E-state index contributed by atoms with van der Waals surface area (Å²) < 4.78 is 17.0. The molecule has 1 unspecified atom stereocenters. The number of rotatable bonds is 64. The Hall–Kier alpha value is -3.67. The van der Waals surface area contributed by atoms with Crippen molar-refractivity contribution in [3.05, 3.63) is 97.2 Å². The number of carbonyl (C=O) groups excluding carboxylic acids is 3. The molecule has 82 heavy (non-hydrogen) atoms. The molecule has 0 aromatic rings. The molecular formula is C76H132O6. The van der Waals surface area contributed by atoms with E-state index in [9.17, 15) is 14.4 Å². The minimum atomic E-state index is -0.778. The van der Waals surface area contributed by atoms with E-state index in [2.05, 4.69) is 118 Å². The van der Waals surface area contributed by atoms with Crippen molar-refractivity contribution in [2.24, 2.45) is 0 Å². The minimum absolute atomic E-state index is 0.0739. The molecule has 0 aromatic heterocycles. The highest BCUT2D eigenvalue weighted by Crippen LogP contribution is 2.18.